The Morgan fingerprint density at radius 3 is 0.745 bits per heavy atom. The molecular formula is C87H49F3N8. The molecule has 0 amide bonds. The molecule has 0 unspecified atom stereocenters. The van der Waals surface area contributed by atoms with Crippen LogP contribution >= 0.6 is 0 Å². The van der Waals surface area contributed by atoms with Gasteiger partial charge in [-0.15, -0.1) is 0 Å². The molecule has 0 fully saturated rings. The third-order valence-corrected chi connectivity index (χ3v) is 20.3. The minimum atomic E-state index is -4.88. The molecule has 0 bridgehead atoms. The summed E-state index contributed by atoms with van der Waals surface area (Å²) in [6.07, 6.45) is -4.88. The lowest BCUT2D eigenvalue weighted by Crippen LogP contribution is -2.10. The maximum absolute atomic E-state index is 16.0. The van der Waals surface area contributed by atoms with Crippen LogP contribution in [0, 0.1) is 22.7 Å². The zero-order valence-corrected chi connectivity index (χ0v) is 52.0. The summed E-state index contributed by atoms with van der Waals surface area (Å²) in [6.45, 7) is 0. The molecule has 0 spiro atoms. The van der Waals surface area contributed by atoms with Crippen molar-refractivity contribution in [3.8, 4) is 57.4 Å². The second-order valence-corrected chi connectivity index (χ2v) is 25.3. The molecule has 14 aromatic carbocycles. The highest BCUT2D eigenvalue weighted by molar-refractivity contribution is 6.17. The molecule has 0 saturated carbocycles. The molecule has 0 atom stereocenters. The third kappa shape index (κ3) is 7.75. The zero-order chi connectivity index (χ0) is 65.2. The average molecular weight is 1260 g/mol. The maximum atomic E-state index is 16.0. The normalized spacial score (nSPS) is 12.2. The summed E-state index contributed by atoms with van der Waals surface area (Å²) < 4.78 is 61.2. The molecule has 0 radical (unpaired) electrons. The van der Waals surface area contributed by atoms with E-state index in [1.165, 1.54) is 12.1 Å². The van der Waals surface area contributed by atoms with Crippen LogP contribution in [0.4, 0.5) is 13.2 Å². The number of alkyl halides is 3. The van der Waals surface area contributed by atoms with E-state index in [2.05, 4.69) is 297 Å². The molecule has 20 rings (SSSR count). The number of rotatable bonds is 7. The summed E-state index contributed by atoms with van der Waals surface area (Å²) in [5, 5.41) is 35.6. The molecular weight excluding hydrogens is 1210 g/mol. The Labute approximate surface area is 556 Å². The van der Waals surface area contributed by atoms with Gasteiger partial charge in [-0.1, -0.05) is 152 Å². The molecule has 0 aliphatic rings. The average Bonchev–Trinajstić information content (AvgIpc) is 1.59. The summed E-state index contributed by atoms with van der Waals surface area (Å²) in [4.78, 5) is 0. The number of aromatic nitrogens is 6. The van der Waals surface area contributed by atoms with E-state index in [1.54, 1.807) is 12.1 Å². The maximum Gasteiger partial charge on any atom is 0.417 e. The third-order valence-electron chi connectivity index (χ3n) is 20.3. The van der Waals surface area contributed by atoms with E-state index in [0.717, 1.165) is 138 Å². The number of fused-ring (bicyclic) bond motifs is 18. The minimum absolute atomic E-state index is 0.107. The quantitative estimate of drug-likeness (QED) is 0.159. The SMILES string of the molecule is N#Cc1cccc(C(F)(F)F)c1-c1cc(-n2c3ccc(-n4c5ccccc5c5ccccc54)cc3c3cc(-n4c5ccccc5c5ccccc54)ccc32)c(C#N)c(-n2c3ccc(-n4c5ccccc5c5ccccc54)cc3c3cc(-n4c5ccccc5c5ccccc54)ccc32)c1. The van der Waals surface area contributed by atoms with Crippen LogP contribution in [0.5, 0.6) is 0 Å². The van der Waals surface area contributed by atoms with Gasteiger partial charge in [0.05, 0.1) is 94.8 Å². The van der Waals surface area contributed by atoms with Crippen LogP contribution in [0.15, 0.2) is 297 Å². The first kappa shape index (κ1) is 55.1. The lowest BCUT2D eigenvalue weighted by Gasteiger charge is -2.21. The zero-order valence-electron chi connectivity index (χ0n) is 52.0. The van der Waals surface area contributed by atoms with Gasteiger partial charge in [-0.25, -0.2) is 0 Å². The molecule has 8 nitrogen and oxygen atoms in total. The highest BCUT2D eigenvalue weighted by Gasteiger charge is 2.36. The van der Waals surface area contributed by atoms with Crippen molar-refractivity contribution in [3.05, 3.63) is 314 Å². The Balaban J connectivity index is 0.917. The van der Waals surface area contributed by atoms with Crippen molar-refractivity contribution in [2.24, 2.45) is 0 Å². The van der Waals surface area contributed by atoms with Gasteiger partial charge in [-0.05, 0) is 151 Å². The lowest BCUT2D eigenvalue weighted by atomic mass is 9.92. The van der Waals surface area contributed by atoms with Crippen LogP contribution in [0.25, 0.3) is 176 Å². The molecule has 6 aromatic heterocycles. The Kier molecular flexibility index (Phi) is 11.6. The molecule has 0 saturated heterocycles. The number of nitrogens with zero attached hydrogens (tertiary/aromatic N) is 8. The van der Waals surface area contributed by atoms with Gasteiger partial charge in [-0.3, -0.25) is 0 Å². The van der Waals surface area contributed by atoms with Gasteiger partial charge in [0.1, 0.15) is 11.6 Å². The molecule has 6 heterocycles. The monoisotopic (exact) mass is 1260 g/mol. The van der Waals surface area contributed by atoms with Crippen LogP contribution in [0.2, 0.25) is 0 Å². The summed E-state index contributed by atoms with van der Waals surface area (Å²) in [5.41, 5.74) is 14.2. The van der Waals surface area contributed by atoms with Crippen molar-refractivity contribution >= 4 is 131 Å². The molecule has 0 aliphatic carbocycles. The Morgan fingerprint density at radius 1 is 0.245 bits per heavy atom. The summed E-state index contributed by atoms with van der Waals surface area (Å²) in [5.74, 6) is 0. The van der Waals surface area contributed by atoms with Crippen molar-refractivity contribution < 1.29 is 13.2 Å². The highest BCUT2D eigenvalue weighted by Crippen LogP contribution is 2.47. The second-order valence-electron chi connectivity index (χ2n) is 25.3. The van der Waals surface area contributed by atoms with Crippen molar-refractivity contribution in [3.63, 3.8) is 0 Å². The van der Waals surface area contributed by atoms with E-state index >= 15 is 13.2 Å². The number of para-hydroxylation sites is 8. The lowest BCUT2D eigenvalue weighted by molar-refractivity contribution is -0.137. The highest BCUT2D eigenvalue weighted by atomic mass is 19.4. The van der Waals surface area contributed by atoms with Gasteiger partial charge in [-0.2, -0.15) is 23.7 Å². The van der Waals surface area contributed by atoms with Gasteiger partial charge in [0.2, 0.25) is 0 Å². The minimum Gasteiger partial charge on any atom is -0.309 e. The predicted molar refractivity (Wildman–Crippen MR) is 392 cm³/mol. The van der Waals surface area contributed by atoms with Gasteiger partial charge in [0.15, 0.2) is 0 Å². The Morgan fingerprint density at radius 2 is 0.500 bits per heavy atom. The van der Waals surface area contributed by atoms with Crippen LogP contribution in [-0.2, 0) is 6.18 Å². The Hall–Kier alpha value is -13.4. The largest absolute Gasteiger partial charge is 0.417 e. The fourth-order valence-electron chi connectivity index (χ4n) is 16.3. The molecule has 0 N–H and O–H groups in total. The van der Waals surface area contributed by atoms with Crippen molar-refractivity contribution in [1.29, 1.82) is 10.5 Å². The van der Waals surface area contributed by atoms with Crippen molar-refractivity contribution in [2.75, 3.05) is 0 Å². The Bertz CT molecular complexity index is 6040. The molecule has 98 heavy (non-hydrogen) atoms. The van der Waals surface area contributed by atoms with Crippen molar-refractivity contribution in [1.82, 2.24) is 27.4 Å². The van der Waals surface area contributed by atoms with E-state index in [-0.39, 0.29) is 22.3 Å². The van der Waals surface area contributed by atoms with Crippen LogP contribution < -0.4 is 0 Å². The van der Waals surface area contributed by atoms with E-state index < -0.39 is 11.7 Å². The molecule has 20 aromatic rings. The first-order valence-electron chi connectivity index (χ1n) is 32.5. The smallest absolute Gasteiger partial charge is 0.309 e. The predicted octanol–water partition coefficient (Wildman–Crippen LogP) is 22.7. The number of nitriles is 2. The second kappa shape index (κ2) is 20.6. The van der Waals surface area contributed by atoms with Crippen LogP contribution in [0.1, 0.15) is 16.7 Å². The fraction of sp³-hybridized carbons (Fsp3) is 0.0115. The molecule has 11 heteroatoms. The van der Waals surface area contributed by atoms with E-state index in [9.17, 15) is 10.5 Å². The summed E-state index contributed by atoms with van der Waals surface area (Å²) in [7, 11) is 0. The first-order valence-corrected chi connectivity index (χ1v) is 32.5. The number of hydrogen-bond donors (Lipinski definition) is 0. The van der Waals surface area contributed by atoms with Crippen LogP contribution in [0.3, 0.4) is 0 Å². The topological polar surface area (TPSA) is 77.2 Å². The fourth-order valence-corrected chi connectivity index (χ4v) is 16.3. The first-order chi connectivity index (χ1) is 48.2. The van der Waals surface area contributed by atoms with E-state index in [0.29, 0.717) is 33.4 Å². The molecule has 458 valence electrons. The van der Waals surface area contributed by atoms with Gasteiger partial charge in [0, 0.05) is 92.9 Å². The summed E-state index contributed by atoms with van der Waals surface area (Å²) in [6, 6.07) is 104. The number of halogens is 3. The number of benzene rings is 14. The molecule has 0 aliphatic heterocycles. The van der Waals surface area contributed by atoms with E-state index in [1.807, 2.05) is 9.13 Å². The van der Waals surface area contributed by atoms with Crippen molar-refractivity contribution in [2.45, 2.75) is 6.18 Å². The van der Waals surface area contributed by atoms with Gasteiger partial charge >= 0.3 is 6.18 Å². The summed E-state index contributed by atoms with van der Waals surface area (Å²) >= 11 is 0. The standard InChI is InChI=1S/C87H49F3N8/c88-87(89,90)71-27-17-18-52(50-91)86(71)53-44-84(97-80-40-36-54(93-72-28-9-1-19-58(72)59-20-2-10-29-73(59)93)46-66(80)67-47-55(37-41-81(67)97)94-74-30-11-3-21-60(74)61-22-4-12-31-75(61)94)70(51-92)85(45-53)98-82-42-38-56(95-76-32-13-5-23-62(76)63-24-6-14-33-77(63)95)48-68(82)69-49-57(39-43-83(69)98)96-78-34-15-7-25-64(78)65-26-8-16-35-79(65)96/h1-49H. The van der Waals surface area contributed by atoms with Gasteiger partial charge in [0.25, 0.3) is 0 Å². The van der Waals surface area contributed by atoms with Crippen LogP contribution in [-0.4, -0.2) is 27.4 Å². The van der Waals surface area contributed by atoms with E-state index in [4.69, 9.17) is 0 Å². The number of hydrogen-bond acceptors (Lipinski definition) is 2. The van der Waals surface area contributed by atoms with Gasteiger partial charge < -0.3 is 27.4 Å².